The number of fused-ring (bicyclic) bond motifs is 1. The number of hydrogen-bond acceptors (Lipinski definition) is 5. The minimum atomic E-state index is 0.481. The average molecular weight is 240 g/mol. The first-order valence-corrected chi connectivity index (χ1v) is 5.60. The van der Waals surface area contributed by atoms with Crippen LogP contribution in [0.4, 0.5) is 0 Å². The number of hydrogen-bond donors (Lipinski definition) is 1. The highest BCUT2D eigenvalue weighted by Gasteiger charge is 2.09. The van der Waals surface area contributed by atoms with Gasteiger partial charge in [0.05, 0.1) is 0 Å². The fraction of sp³-hybridized carbons (Fsp3) is 0.167. The number of rotatable bonds is 2. The molecule has 0 aliphatic carbocycles. The van der Waals surface area contributed by atoms with Crippen molar-refractivity contribution in [3.63, 3.8) is 0 Å². The highest BCUT2D eigenvalue weighted by molar-refractivity contribution is 5.55. The van der Waals surface area contributed by atoms with Crippen molar-refractivity contribution in [1.82, 2.24) is 24.6 Å². The van der Waals surface area contributed by atoms with Crippen LogP contribution in [-0.2, 0) is 6.54 Å². The molecule has 0 fully saturated rings. The van der Waals surface area contributed by atoms with E-state index in [9.17, 15) is 0 Å². The summed E-state index contributed by atoms with van der Waals surface area (Å²) in [5, 5.41) is 8.25. The van der Waals surface area contributed by atoms with Crippen molar-refractivity contribution >= 4 is 5.65 Å². The molecule has 0 saturated heterocycles. The summed E-state index contributed by atoms with van der Waals surface area (Å²) in [6, 6.07) is 5.70. The second-order valence-electron chi connectivity index (χ2n) is 4.04. The van der Waals surface area contributed by atoms with Crippen molar-refractivity contribution in [3.8, 4) is 11.5 Å². The van der Waals surface area contributed by atoms with Gasteiger partial charge in [0.2, 0.25) is 0 Å². The van der Waals surface area contributed by atoms with E-state index in [4.69, 9.17) is 5.73 Å². The predicted octanol–water partition coefficient (Wildman–Crippen LogP) is 0.953. The zero-order valence-corrected chi connectivity index (χ0v) is 9.91. The van der Waals surface area contributed by atoms with E-state index in [2.05, 4.69) is 20.2 Å². The van der Waals surface area contributed by atoms with Crippen LogP contribution >= 0.6 is 0 Å². The molecular weight excluding hydrogens is 228 g/mol. The van der Waals surface area contributed by atoms with Gasteiger partial charge in [-0.2, -0.15) is 0 Å². The molecule has 3 aromatic heterocycles. The Morgan fingerprint density at radius 1 is 1.22 bits per heavy atom. The summed E-state index contributed by atoms with van der Waals surface area (Å²) in [7, 11) is 0. The highest BCUT2D eigenvalue weighted by Crippen LogP contribution is 2.15. The summed E-state index contributed by atoms with van der Waals surface area (Å²) in [4.78, 5) is 8.57. The molecule has 0 spiro atoms. The van der Waals surface area contributed by atoms with Crippen LogP contribution in [0.15, 0.2) is 30.7 Å². The molecule has 2 N–H and O–H groups in total. The Labute approximate surface area is 104 Å². The van der Waals surface area contributed by atoms with Crippen LogP contribution in [0.5, 0.6) is 0 Å². The summed E-state index contributed by atoms with van der Waals surface area (Å²) in [6.07, 6.45) is 3.45. The van der Waals surface area contributed by atoms with Crippen LogP contribution in [0.3, 0.4) is 0 Å². The van der Waals surface area contributed by atoms with Crippen molar-refractivity contribution in [3.05, 3.63) is 42.0 Å². The molecule has 18 heavy (non-hydrogen) atoms. The summed E-state index contributed by atoms with van der Waals surface area (Å²) in [5.41, 5.74) is 8.96. The third kappa shape index (κ3) is 1.72. The molecule has 0 radical (unpaired) electrons. The number of pyridine rings is 1. The maximum Gasteiger partial charge on any atom is 0.188 e. The molecule has 0 unspecified atom stereocenters. The van der Waals surface area contributed by atoms with Gasteiger partial charge in [0.1, 0.15) is 12.0 Å². The third-order valence-corrected chi connectivity index (χ3v) is 2.73. The molecule has 3 aromatic rings. The lowest BCUT2D eigenvalue weighted by Crippen LogP contribution is -1.98. The van der Waals surface area contributed by atoms with Crippen LogP contribution in [0.2, 0.25) is 0 Å². The van der Waals surface area contributed by atoms with Gasteiger partial charge in [-0.05, 0) is 18.6 Å². The fourth-order valence-corrected chi connectivity index (χ4v) is 1.74. The summed E-state index contributed by atoms with van der Waals surface area (Å²) in [5.74, 6) is 0.682. The van der Waals surface area contributed by atoms with Crippen molar-refractivity contribution in [2.45, 2.75) is 13.5 Å². The van der Waals surface area contributed by atoms with Crippen molar-refractivity contribution in [2.75, 3.05) is 0 Å². The Morgan fingerprint density at radius 3 is 2.83 bits per heavy atom. The zero-order chi connectivity index (χ0) is 12.5. The maximum absolute atomic E-state index is 5.54. The molecule has 0 amide bonds. The van der Waals surface area contributed by atoms with E-state index in [0.29, 0.717) is 12.4 Å². The van der Waals surface area contributed by atoms with E-state index in [1.54, 1.807) is 12.5 Å². The summed E-state index contributed by atoms with van der Waals surface area (Å²) < 4.78 is 1.82. The average Bonchev–Trinajstić information content (AvgIpc) is 2.81. The molecule has 0 atom stereocenters. The largest absolute Gasteiger partial charge is 0.326 e. The fourth-order valence-electron chi connectivity index (χ4n) is 1.74. The second kappa shape index (κ2) is 4.15. The van der Waals surface area contributed by atoms with Gasteiger partial charge in [-0.3, -0.25) is 9.38 Å². The van der Waals surface area contributed by atoms with E-state index >= 15 is 0 Å². The van der Waals surface area contributed by atoms with Gasteiger partial charge in [-0.1, -0.05) is 6.07 Å². The predicted molar refractivity (Wildman–Crippen MR) is 66.6 cm³/mol. The standard InChI is InChI=1S/C12H12N6/c1-8-4-11-16-17-12(18(11)7-15-8)10-3-2-9(5-13)6-14-10/h2-4,6-7H,5,13H2,1H3. The zero-order valence-electron chi connectivity index (χ0n) is 9.91. The van der Waals surface area contributed by atoms with Crippen molar-refractivity contribution in [2.24, 2.45) is 5.73 Å². The minimum absolute atomic E-state index is 0.481. The smallest absolute Gasteiger partial charge is 0.188 e. The molecule has 3 heterocycles. The molecule has 6 nitrogen and oxygen atoms in total. The van der Waals surface area contributed by atoms with Gasteiger partial charge in [-0.15, -0.1) is 10.2 Å². The van der Waals surface area contributed by atoms with Crippen LogP contribution in [0.25, 0.3) is 17.2 Å². The maximum atomic E-state index is 5.54. The van der Waals surface area contributed by atoms with Crippen LogP contribution < -0.4 is 5.73 Å². The van der Waals surface area contributed by atoms with Gasteiger partial charge < -0.3 is 5.73 Å². The van der Waals surface area contributed by atoms with Gasteiger partial charge in [0.15, 0.2) is 11.5 Å². The SMILES string of the molecule is Cc1cc2nnc(-c3ccc(CN)cn3)n2cn1. The summed E-state index contributed by atoms with van der Waals surface area (Å²) in [6.45, 7) is 2.40. The molecule has 0 aliphatic heterocycles. The molecule has 90 valence electrons. The Balaban J connectivity index is 2.13. The van der Waals surface area contributed by atoms with E-state index in [-0.39, 0.29) is 0 Å². The van der Waals surface area contributed by atoms with Gasteiger partial charge >= 0.3 is 0 Å². The Morgan fingerprint density at radius 2 is 2.11 bits per heavy atom. The van der Waals surface area contributed by atoms with Gasteiger partial charge in [0, 0.05) is 24.5 Å². The van der Waals surface area contributed by atoms with Crippen molar-refractivity contribution < 1.29 is 0 Å². The molecule has 6 heteroatoms. The highest BCUT2D eigenvalue weighted by atomic mass is 15.3. The Bertz CT molecular complexity index is 685. The van der Waals surface area contributed by atoms with E-state index in [1.165, 1.54) is 0 Å². The topological polar surface area (TPSA) is 82.0 Å². The van der Waals surface area contributed by atoms with Gasteiger partial charge in [0.25, 0.3) is 0 Å². The quantitative estimate of drug-likeness (QED) is 0.721. The first-order chi connectivity index (χ1) is 8.78. The monoisotopic (exact) mass is 240 g/mol. The Kier molecular flexibility index (Phi) is 2.49. The molecular formula is C12H12N6. The number of nitrogens with two attached hydrogens (primary N) is 1. The van der Waals surface area contributed by atoms with Crippen LogP contribution in [-0.4, -0.2) is 24.6 Å². The van der Waals surface area contributed by atoms with Crippen LogP contribution in [0, 0.1) is 6.92 Å². The minimum Gasteiger partial charge on any atom is -0.326 e. The lowest BCUT2D eigenvalue weighted by Gasteiger charge is -2.00. The molecule has 0 saturated carbocycles. The van der Waals surface area contributed by atoms with E-state index in [1.807, 2.05) is 29.5 Å². The first-order valence-electron chi connectivity index (χ1n) is 5.60. The van der Waals surface area contributed by atoms with E-state index in [0.717, 1.165) is 22.6 Å². The normalized spacial score (nSPS) is 11.0. The number of nitrogens with zero attached hydrogens (tertiary/aromatic N) is 5. The first kappa shape index (κ1) is 10.8. The molecule has 0 bridgehead atoms. The molecule has 0 aliphatic rings. The second-order valence-corrected chi connectivity index (χ2v) is 4.04. The lowest BCUT2D eigenvalue weighted by atomic mass is 10.2. The summed E-state index contributed by atoms with van der Waals surface area (Å²) >= 11 is 0. The number of aromatic nitrogens is 5. The Hall–Kier alpha value is -2.34. The van der Waals surface area contributed by atoms with Crippen LogP contribution in [0.1, 0.15) is 11.3 Å². The third-order valence-electron chi connectivity index (χ3n) is 2.73. The van der Waals surface area contributed by atoms with Gasteiger partial charge in [-0.25, -0.2) is 4.98 Å². The molecule has 3 rings (SSSR count). The molecule has 0 aromatic carbocycles. The lowest BCUT2D eigenvalue weighted by molar-refractivity contribution is 1.02. The van der Waals surface area contributed by atoms with Crippen molar-refractivity contribution in [1.29, 1.82) is 0 Å². The number of aryl methyl sites for hydroxylation is 1. The van der Waals surface area contributed by atoms with E-state index < -0.39 is 0 Å².